The minimum atomic E-state index is -0.584. The highest BCUT2D eigenvalue weighted by atomic mass is 35.5. The first-order valence-corrected chi connectivity index (χ1v) is 12.8. The largest absolute Gasteiger partial charge is 0.444 e. The maximum Gasteiger partial charge on any atom is 0.411 e. The molecule has 3 heterocycles. The molecule has 1 aliphatic heterocycles. The molecule has 3 aromatic rings. The first-order chi connectivity index (χ1) is 16.7. The molecule has 1 aliphatic carbocycles. The molecule has 0 atom stereocenters. The normalized spacial score (nSPS) is 20.2. The molecule has 1 amide bonds. The van der Waals surface area contributed by atoms with E-state index in [1.54, 1.807) is 4.90 Å². The summed E-state index contributed by atoms with van der Waals surface area (Å²) in [7, 11) is 0. The molecule has 0 bridgehead atoms. The Bertz CT molecular complexity index is 1220. The molecule has 9 heteroatoms. The van der Waals surface area contributed by atoms with E-state index in [9.17, 15) is 4.79 Å². The fraction of sp³-hybridized carbons (Fsp3) is 0.538. The van der Waals surface area contributed by atoms with Crippen molar-refractivity contribution < 1.29 is 14.1 Å². The lowest BCUT2D eigenvalue weighted by molar-refractivity contribution is 0.0214. The number of benzene rings is 1. The number of carbonyl (C=O) groups is 1. The van der Waals surface area contributed by atoms with Gasteiger partial charge in [-0.3, -0.25) is 9.47 Å². The number of ether oxygens (including phenoxy) is 1. The summed E-state index contributed by atoms with van der Waals surface area (Å²) in [6, 6.07) is 7.89. The van der Waals surface area contributed by atoms with E-state index in [0.717, 1.165) is 66.5 Å². The standard InChI is InChI=1S/C26H32ClN5O3/c1-5-20-13-21(30-35-20)16-6-8-17(9-7-16)24-29-28-23-15-31(25(33)34-26(2,3)4)14-18-12-19(27)10-11-22(18)32(23)24/h10-13,16-17H,5-9,14-15H2,1-4H3/t16-,17+. The molecular formula is C26H32ClN5O3. The number of aromatic nitrogens is 4. The molecule has 2 aliphatic rings. The molecule has 186 valence electrons. The van der Waals surface area contributed by atoms with Crippen molar-refractivity contribution in [3.8, 4) is 5.69 Å². The van der Waals surface area contributed by atoms with Gasteiger partial charge >= 0.3 is 6.09 Å². The Kier molecular flexibility index (Phi) is 6.34. The van der Waals surface area contributed by atoms with Crippen LogP contribution in [0.4, 0.5) is 4.79 Å². The monoisotopic (exact) mass is 497 g/mol. The summed E-state index contributed by atoms with van der Waals surface area (Å²) in [6.45, 7) is 8.40. The third-order valence-corrected chi connectivity index (χ3v) is 7.05. The van der Waals surface area contributed by atoms with Crippen LogP contribution in [0.2, 0.25) is 5.02 Å². The number of rotatable bonds is 3. The molecule has 2 aromatic heterocycles. The molecule has 0 radical (unpaired) electrons. The minimum Gasteiger partial charge on any atom is -0.444 e. The van der Waals surface area contributed by atoms with E-state index in [4.69, 9.17) is 20.9 Å². The molecule has 0 unspecified atom stereocenters. The third-order valence-electron chi connectivity index (χ3n) is 6.82. The summed E-state index contributed by atoms with van der Waals surface area (Å²) in [6.07, 6.45) is 4.53. The average molecular weight is 498 g/mol. The lowest BCUT2D eigenvalue weighted by Gasteiger charge is -2.27. The van der Waals surface area contributed by atoms with Gasteiger partial charge in [-0.05, 0) is 70.2 Å². The predicted molar refractivity (Wildman–Crippen MR) is 132 cm³/mol. The van der Waals surface area contributed by atoms with Crippen LogP contribution in [0.3, 0.4) is 0 Å². The predicted octanol–water partition coefficient (Wildman–Crippen LogP) is 6.16. The summed E-state index contributed by atoms with van der Waals surface area (Å²) in [5.74, 6) is 3.31. The van der Waals surface area contributed by atoms with Crippen LogP contribution in [0.1, 0.15) is 93.9 Å². The summed E-state index contributed by atoms with van der Waals surface area (Å²) in [5.41, 5.74) is 2.40. The highest BCUT2D eigenvalue weighted by molar-refractivity contribution is 6.30. The fourth-order valence-electron chi connectivity index (χ4n) is 5.08. The molecule has 1 saturated carbocycles. The van der Waals surface area contributed by atoms with Crippen LogP contribution in [0.5, 0.6) is 0 Å². The van der Waals surface area contributed by atoms with Gasteiger partial charge in [0.1, 0.15) is 17.2 Å². The highest BCUT2D eigenvalue weighted by Gasteiger charge is 2.33. The Balaban J connectivity index is 1.42. The Morgan fingerprint density at radius 1 is 1.11 bits per heavy atom. The maximum absolute atomic E-state index is 13.0. The van der Waals surface area contributed by atoms with E-state index in [1.807, 2.05) is 39.0 Å². The highest BCUT2D eigenvalue weighted by Crippen LogP contribution is 2.41. The molecule has 0 spiro atoms. The van der Waals surface area contributed by atoms with E-state index >= 15 is 0 Å². The van der Waals surface area contributed by atoms with Crippen LogP contribution in [0.25, 0.3) is 5.69 Å². The summed E-state index contributed by atoms with van der Waals surface area (Å²) < 4.78 is 13.2. The quantitative estimate of drug-likeness (QED) is 0.430. The number of hydrogen-bond acceptors (Lipinski definition) is 6. The minimum absolute atomic E-state index is 0.279. The van der Waals surface area contributed by atoms with E-state index < -0.39 is 5.60 Å². The smallest absolute Gasteiger partial charge is 0.411 e. The van der Waals surface area contributed by atoms with E-state index in [2.05, 4.69) is 32.9 Å². The van der Waals surface area contributed by atoms with Crippen molar-refractivity contribution in [3.63, 3.8) is 0 Å². The Morgan fingerprint density at radius 2 is 1.86 bits per heavy atom. The van der Waals surface area contributed by atoms with Crippen LogP contribution in [-0.4, -0.2) is 36.5 Å². The molecule has 0 N–H and O–H groups in total. The first kappa shape index (κ1) is 23.9. The van der Waals surface area contributed by atoms with Crippen LogP contribution in [0, 0.1) is 0 Å². The Morgan fingerprint density at radius 3 is 2.54 bits per heavy atom. The zero-order valence-corrected chi connectivity index (χ0v) is 21.5. The third kappa shape index (κ3) is 4.94. The Labute approximate surface area is 210 Å². The number of carbonyl (C=O) groups excluding carboxylic acids is 1. The Hall–Kier alpha value is -2.87. The van der Waals surface area contributed by atoms with Crippen molar-refractivity contribution in [2.24, 2.45) is 0 Å². The van der Waals surface area contributed by atoms with Gasteiger partial charge in [-0.1, -0.05) is 23.7 Å². The van der Waals surface area contributed by atoms with Crippen LogP contribution < -0.4 is 0 Å². The molecule has 5 rings (SSSR count). The second kappa shape index (κ2) is 9.30. The molecular weight excluding hydrogens is 466 g/mol. The molecule has 35 heavy (non-hydrogen) atoms. The van der Waals surface area contributed by atoms with Crippen molar-refractivity contribution in [3.05, 3.63) is 58.0 Å². The zero-order valence-electron chi connectivity index (χ0n) is 20.8. The van der Waals surface area contributed by atoms with Gasteiger partial charge in [-0.15, -0.1) is 10.2 Å². The van der Waals surface area contributed by atoms with Gasteiger partial charge in [-0.25, -0.2) is 4.79 Å². The number of fused-ring (bicyclic) bond motifs is 3. The number of halogens is 1. The number of aryl methyl sites for hydroxylation is 1. The van der Waals surface area contributed by atoms with Crippen LogP contribution >= 0.6 is 11.6 Å². The maximum atomic E-state index is 13.0. The molecule has 8 nitrogen and oxygen atoms in total. The van der Waals surface area contributed by atoms with Crippen molar-refractivity contribution in [2.45, 2.75) is 90.3 Å². The zero-order chi connectivity index (χ0) is 24.7. The van der Waals surface area contributed by atoms with Gasteiger partial charge in [-0.2, -0.15) is 0 Å². The summed E-state index contributed by atoms with van der Waals surface area (Å²) in [5, 5.41) is 14.1. The van der Waals surface area contributed by atoms with E-state index in [1.165, 1.54) is 0 Å². The van der Waals surface area contributed by atoms with Crippen LogP contribution in [0.15, 0.2) is 28.8 Å². The van der Waals surface area contributed by atoms with Crippen molar-refractivity contribution in [2.75, 3.05) is 0 Å². The van der Waals surface area contributed by atoms with Crippen molar-refractivity contribution in [1.82, 2.24) is 24.8 Å². The van der Waals surface area contributed by atoms with Gasteiger partial charge in [0, 0.05) is 29.3 Å². The number of nitrogens with zero attached hydrogens (tertiary/aromatic N) is 5. The van der Waals surface area contributed by atoms with Crippen molar-refractivity contribution in [1.29, 1.82) is 0 Å². The van der Waals surface area contributed by atoms with Gasteiger partial charge < -0.3 is 9.26 Å². The van der Waals surface area contributed by atoms with E-state index in [0.29, 0.717) is 24.0 Å². The number of amides is 1. The average Bonchev–Trinajstić information content (AvgIpc) is 3.42. The summed E-state index contributed by atoms with van der Waals surface area (Å²) >= 11 is 6.35. The second-order valence-electron chi connectivity index (χ2n) is 10.5. The molecule has 0 saturated heterocycles. The second-order valence-corrected chi connectivity index (χ2v) is 11.0. The SMILES string of the molecule is CCc1cc([C@H]2CC[C@@H](c3nnc4n3-c3ccc(Cl)cc3CN(C(=O)OC(C)(C)C)C4)CC2)no1. The van der Waals surface area contributed by atoms with Crippen molar-refractivity contribution >= 4 is 17.7 Å². The summed E-state index contributed by atoms with van der Waals surface area (Å²) in [4.78, 5) is 14.6. The van der Waals surface area contributed by atoms with Gasteiger partial charge in [0.25, 0.3) is 0 Å². The lowest BCUT2D eigenvalue weighted by atomic mass is 9.80. The molecule has 1 fully saturated rings. The first-order valence-electron chi connectivity index (χ1n) is 12.4. The van der Waals surface area contributed by atoms with E-state index in [-0.39, 0.29) is 12.0 Å². The fourth-order valence-corrected chi connectivity index (χ4v) is 5.28. The van der Waals surface area contributed by atoms with Gasteiger partial charge in [0.15, 0.2) is 5.82 Å². The lowest BCUT2D eigenvalue weighted by Crippen LogP contribution is -2.35. The number of hydrogen-bond donors (Lipinski definition) is 0. The molecule has 1 aromatic carbocycles. The van der Waals surface area contributed by atoms with Crippen LogP contribution in [-0.2, 0) is 24.2 Å². The van der Waals surface area contributed by atoms with Gasteiger partial charge in [0.05, 0.1) is 24.5 Å². The topological polar surface area (TPSA) is 86.3 Å². The van der Waals surface area contributed by atoms with Gasteiger partial charge in [0.2, 0.25) is 0 Å².